The average molecular weight is 412 g/mol. The van der Waals surface area contributed by atoms with Gasteiger partial charge in [-0.1, -0.05) is 39.0 Å². The molecule has 2 N–H and O–H groups in total. The quantitative estimate of drug-likeness (QED) is 0.667. The van der Waals surface area contributed by atoms with Crippen LogP contribution in [0.3, 0.4) is 0 Å². The van der Waals surface area contributed by atoms with Crippen LogP contribution in [0.2, 0.25) is 0 Å². The molecular formula is C24H33N3O3. The lowest BCUT2D eigenvalue weighted by Gasteiger charge is -2.38. The smallest absolute Gasteiger partial charge is 0.304 e. The Morgan fingerprint density at radius 2 is 1.83 bits per heavy atom. The lowest BCUT2D eigenvalue weighted by molar-refractivity contribution is -0.144. The van der Waals surface area contributed by atoms with E-state index in [1.54, 1.807) is 0 Å². The third-order valence-corrected chi connectivity index (χ3v) is 5.59. The minimum atomic E-state index is -0.935. The first kappa shape index (κ1) is 21.9. The summed E-state index contributed by atoms with van der Waals surface area (Å²) in [5, 5.41) is 10.5. The normalized spacial score (nSPS) is 16.0. The van der Waals surface area contributed by atoms with E-state index in [-0.39, 0.29) is 17.7 Å². The Kier molecular flexibility index (Phi) is 6.54. The zero-order valence-corrected chi connectivity index (χ0v) is 18.3. The van der Waals surface area contributed by atoms with E-state index >= 15 is 0 Å². The van der Waals surface area contributed by atoms with E-state index in [0.29, 0.717) is 19.5 Å². The lowest BCUT2D eigenvalue weighted by Crippen LogP contribution is -2.50. The molecule has 0 radical (unpaired) electrons. The van der Waals surface area contributed by atoms with Gasteiger partial charge in [-0.05, 0) is 36.5 Å². The topological polar surface area (TPSA) is 76.6 Å². The Labute approximate surface area is 178 Å². The Balaban J connectivity index is 1.64. The predicted molar refractivity (Wildman–Crippen MR) is 121 cm³/mol. The summed E-state index contributed by atoms with van der Waals surface area (Å²) in [6.07, 6.45) is 3.01. The van der Waals surface area contributed by atoms with Gasteiger partial charge in [-0.3, -0.25) is 9.59 Å². The van der Waals surface area contributed by atoms with Crippen molar-refractivity contribution in [2.75, 3.05) is 31.1 Å². The Morgan fingerprint density at radius 1 is 1.13 bits per heavy atom. The van der Waals surface area contributed by atoms with E-state index in [9.17, 15) is 14.7 Å². The van der Waals surface area contributed by atoms with Gasteiger partial charge in [0.2, 0.25) is 5.91 Å². The largest absolute Gasteiger partial charge is 0.481 e. The molecule has 1 aromatic carbocycles. The number of carbonyl (C=O) groups is 2. The second-order valence-electron chi connectivity index (χ2n) is 9.51. The van der Waals surface area contributed by atoms with Gasteiger partial charge >= 0.3 is 5.97 Å². The Hall–Kier alpha value is -2.76. The number of rotatable bonds is 7. The number of H-pyrrole nitrogens is 1. The number of anilines is 1. The van der Waals surface area contributed by atoms with Crippen LogP contribution in [0.4, 0.5) is 5.69 Å². The molecule has 1 aliphatic rings. The van der Waals surface area contributed by atoms with Crippen LogP contribution < -0.4 is 4.90 Å². The average Bonchev–Trinajstić information content (AvgIpc) is 3.14. The van der Waals surface area contributed by atoms with Gasteiger partial charge in [0.05, 0.1) is 12.3 Å². The number of allylic oxidation sites excluding steroid dienone is 1. The van der Waals surface area contributed by atoms with Gasteiger partial charge in [0, 0.05) is 49.0 Å². The number of benzene rings is 1. The van der Waals surface area contributed by atoms with Crippen molar-refractivity contribution in [1.82, 2.24) is 9.88 Å². The highest BCUT2D eigenvalue weighted by Gasteiger charge is 2.30. The standard InChI is InChI=1S/C24H33N3O3/c1-17(16-24(2,3)4)14-18(15-22(28)29)23(30)27-12-10-26(11-13-27)21-7-5-6-20-19(21)8-9-25-20/h5-9,18,25H,1,10-16H2,2-4H3,(H,28,29). The monoisotopic (exact) mass is 411 g/mol. The number of hydrogen-bond donors (Lipinski definition) is 2. The maximum absolute atomic E-state index is 13.1. The summed E-state index contributed by atoms with van der Waals surface area (Å²) in [5.41, 5.74) is 3.28. The molecule has 0 spiro atoms. The van der Waals surface area contributed by atoms with Gasteiger partial charge < -0.3 is 19.9 Å². The molecule has 1 fully saturated rings. The molecule has 0 saturated carbocycles. The summed E-state index contributed by atoms with van der Waals surface area (Å²) in [7, 11) is 0. The van der Waals surface area contributed by atoms with Crippen LogP contribution in [0.1, 0.15) is 40.0 Å². The van der Waals surface area contributed by atoms with Gasteiger partial charge in [-0.25, -0.2) is 0 Å². The summed E-state index contributed by atoms with van der Waals surface area (Å²) in [6.45, 7) is 13.1. The van der Waals surface area contributed by atoms with Crippen molar-refractivity contribution >= 4 is 28.5 Å². The molecule has 2 aromatic rings. The summed E-state index contributed by atoms with van der Waals surface area (Å²) in [5.74, 6) is -1.54. The van der Waals surface area contributed by atoms with Gasteiger partial charge in [0.25, 0.3) is 0 Å². The van der Waals surface area contributed by atoms with E-state index in [1.807, 2.05) is 17.2 Å². The highest BCUT2D eigenvalue weighted by Crippen LogP contribution is 2.30. The molecule has 1 aliphatic heterocycles. The second kappa shape index (κ2) is 8.94. The number of nitrogens with zero attached hydrogens (tertiary/aromatic N) is 2. The second-order valence-corrected chi connectivity index (χ2v) is 9.51. The van der Waals surface area contributed by atoms with Crippen LogP contribution in [-0.4, -0.2) is 53.0 Å². The molecule has 1 atom stereocenters. The molecule has 30 heavy (non-hydrogen) atoms. The number of aromatic amines is 1. The van der Waals surface area contributed by atoms with Crippen molar-refractivity contribution in [1.29, 1.82) is 0 Å². The number of hydrogen-bond acceptors (Lipinski definition) is 3. The van der Waals surface area contributed by atoms with Crippen molar-refractivity contribution in [3.63, 3.8) is 0 Å². The molecule has 6 heteroatoms. The van der Waals surface area contributed by atoms with Crippen LogP contribution in [-0.2, 0) is 9.59 Å². The van der Waals surface area contributed by atoms with Crippen molar-refractivity contribution < 1.29 is 14.7 Å². The zero-order chi connectivity index (χ0) is 21.9. The van der Waals surface area contributed by atoms with Crippen LogP contribution in [0, 0.1) is 11.3 Å². The van der Waals surface area contributed by atoms with E-state index in [0.717, 1.165) is 30.6 Å². The SMILES string of the molecule is C=C(CC(CC(=O)O)C(=O)N1CCN(c2cccc3[nH]ccc23)CC1)CC(C)(C)C. The van der Waals surface area contributed by atoms with Crippen LogP contribution in [0.25, 0.3) is 10.9 Å². The molecule has 1 aromatic heterocycles. The number of carbonyl (C=O) groups excluding carboxylic acids is 1. The number of carboxylic acid groups (broad SMARTS) is 1. The van der Waals surface area contributed by atoms with E-state index in [1.165, 1.54) is 11.1 Å². The minimum absolute atomic E-state index is 0.0630. The molecular weight excluding hydrogens is 378 g/mol. The maximum atomic E-state index is 13.1. The zero-order valence-electron chi connectivity index (χ0n) is 18.3. The predicted octanol–water partition coefficient (Wildman–Crippen LogP) is 4.29. The first-order valence-electron chi connectivity index (χ1n) is 10.6. The Bertz CT molecular complexity index is 917. The van der Waals surface area contributed by atoms with Gasteiger partial charge in [-0.2, -0.15) is 0 Å². The fraction of sp³-hybridized carbons (Fsp3) is 0.500. The van der Waals surface area contributed by atoms with Crippen molar-refractivity contribution in [2.24, 2.45) is 11.3 Å². The summed E-state index contributed by atoms with van der Waals surface area (Å²) < 4.78 is 0. The van der Waals surface area contributed by atoms with Gasteiger partial charge in [-0.15, -0.1) is 0 Å². The summed E-state index contributed by atoms with van der Waals surface area (Å²) >= 11 is 0. The molecule has 6 nitrogen and oxygen atoms in total. The molecule has 1 amide bonds. The van der Waals surface area contributed by atoms with Gasteiger partial charge in [0.1, 0.15) is 0 Å². The highest BCUT2D eigenvalue weighted by atomic mass is 16.4. The van der Waals surface area contributed by atoms with Crippen molar-refractivity contribution in [3.05, 3.63) is 42.6 Å². The number of fused-ring (bicyclic) bond motifs is 1. The maximum Gasteiger partial charge on any atom is 0.304 e. The molecule has 162 valence electrons. The fourth-order valence-electron chi connectivity index (χ4n) is 4.40. The molecule has 0 bridgehead atoms. The van der Waals surface area contributed by atoms with Crippen LogP contribution in [0.5, 0.6) is 0 Å². The van der Waals surface area contributed by atoms with Crippen LogP contribution >= 0.6 is 0 Å². The number of nitrogens with one attached hydrogen (secondary N) is 1. The molecule has 1 unspecified atom stereocenters. The third kappa shape index (κ3) is 5.43. The highest BCUT2D eigenvalue weighted by molar-refractivity contribution is 5.92. The number of aromatic nitrogens is 1. The van der Waals surface area contributed by atoms with Crippen LogP contribution in [0.15, 0.2) is 42.6 Å². The Morgan fingerprint density at radius 3 is 2.47 bits per heavy atom. The number of piperazine rings is 1. The number of carboxylic acids is 1. The van der Waals surface area contributed by atoms with Crippen molar-refractivity contribution in [2.45, 2.75) is 40.0 Å². The first-order valence-corrected chi connectivity index (χ1v) is 10.6. The number of aliphatic carboxylic acids is 1. The number of amides is 1. The van der Waals surface area contributed by atoms with Crippen molar-refractivity contribution in [3.8, 4) is 0 Å². The fourth-order valence-corrected chi connectivity index (χ4v) is 4.40. The van der Waals surface area contributed by atoms with E-state index < -0.39 is 11.9 Å². The molecule has 1 saturated heterocycles. The first-order chi connectivity index (χ1) is 14.1. The molecule has 2 heterocycles. The minimum Gasteiger partial charge on any atom is -0.481 e. The van der Waals surface area contributed by atoms with E-state index in [2.05, 4.69) is 55.4 Å². The van der Waals surface area contributed by atoms with Gasteiger partial charge in [0.15, 0.2) is 0 Å². The summed E-state index contributed by atoms with van der Waals surface area (Å²) in [6, 6.07) is 8.28. The molecule has 3 rings (SSSR count). The lowest BCUT2D eigenvalue weighted by atomic mass is 9.84. The molecule has 0 aliphatic carbocycles. The third-order valence-electron chi connectivity index (χ3n) is 5.59. The summed E-state index contributed by atoms with van der Waals surface area (Å²) in [4.78, 5) is 31.9. The van der Waals surface area contributed by atoms with E-state index in [4.69, 9.17) is 0 Å².